The summed E-state index contributed by atoms with van der Waals surface area (Å²) in [6.07, 6.45) is 3.94. The summed E-state index contributed by atoms with van der Waals surface area (Å²) in [5.74, 6) is 0. The third kappa shape index (κ3) is 0.980. The van der Waals surface area contributed by atoms with Gasteiger partial charge in [-0.1, -0.05) is 23.9 Å². The first-order chi connectivity index (χ1) is 6.90. The molecule has 4 heteroatoms. The van der Waals surface area contributed by atoms with Crippen LogP contribution in [0.4, 0.5) is 5.69 Å². The van der Waals surface area contributed by atoms with Crippen LogP contribution in [0, 0.1) is 0 Å². The lowest BCUT2D eigenvalue weighted by Gasteiger charge is -2.23. The fraction of sp³-hybridized carbons (Fsp3) is 0.200. The van der Waals surface area contributed by atoms with Gasteiger partial charge in [0.05, 0.1) is 5.69 Å². The molecule has 72 valence electrons. The van der Waals surface area contributed by atoms with E-state index in [1.165, 1.54) is 10.6 Å². The van der Waals surface area contributed by atoms with E-state index in [4.69, 9.17) is 5.11 Å². The van der Waals surface area contributed by atoms with E-state index >= 15 is 0 Å². The number of hydrogen-bond donors (Lipinski definition) is 1. The molecule has 1 atom stereocenters. The fourth-order valence-corrected chi connectivity index (χ4v) is 3.04. The smallest absolute Gasteiger partial charge is 0.160 e. The molecular formula is C10H10N2OS. The molecule has 0 saturated heterocycles. The molecule has 3 rings (SSSR count). The predicted octanol–water partition coefficient (Wildman–Crippen LogP) is 1.62. The Morgan fingerprint density at radius 1 is 1.29 bits per heavy atom. The summed E-state index contributed by atoms with van der Waals surface area (Å²) in [6, 6.07) is 8.30. The minimum absolute atomic E-state index is 0.0681. The Morgan fingerprint density at radius 2 is 2.14 bits per heavy atom. The Kier molecular flexibility index (Phi) is 1.72. The highest BCUT2D eigenvalue weighted by Crippen LogP contribution is 2.46. The Bertz CT molecular complexity index is 393. The second-order valence-corrected chi connectivity index (χ2v) is 4.37. The zero-order chi connectivity index (χ0) is 9.54. The molecule has 2 aliphatic heterocycles. The minimum atomic E-state index is 0.0681. The Hall–Kier alpha value is -1.13. The molecule has 1 unspecified atom stereocenters. The van der Waals surface area contributed by atoms with Gasteiger partial charge in [-0.3, -0.25) is 0 Å². The number of para-hydroxylation sites is 1. The molecule has 2 heterocycles. The number of aliphatic hydroxyl groups is 1. The Morgan fingerprint density at radius 3 is 3.00 bits per heavy atom. The van der Waals surface area contributed by atoms with Gasteiger partial charge in [0.15, 0.2) is 5.50 Å². The highest BCUT2D eigenvalue weighted by atomic mass is 32.2. The van der Waals surface area contributed by atoms with E-state index in [9.17, 15) is 0 Å². The Labute approximate surface area is 86.6 Å². The third-order valence-corrected chi connectivity index (χ3v) is 3.79. The van der Waals surface area contributed by atoms with Crippen LogP contribution in [0.3, 0.4) is 0 Å². The van der Waals surface area contributed by atoms with E-state index in [1.54, 1.807) is 11.8 Å². The van der Waals surface area contributed by atoms with Crippen LogP contribution in [0.1, 0.15) is 0 Å². The zero-order valence-electron chi connectivity index (χ0n) is 7.50. The lowest BCUT2D eigenvalue weighted by Crippen LogP contribution is -2.33. The molecule has 1 aromatic carbocycles. The summed E-state index contributed by atoms with van der Waals surface area (Å²) in [4.78, 5) is 5.36. The second kappa shape index (κ2) is 2.93. The number of nitrogens with zero attached hydrogens (tertiary/aromatic N) is 2. The van der Waals surface area contributed by atoms with Crippen LogP contribution in [0.2, 0.25) is 0 Å². The fourth-order valence-electron chi connectivity index (χ4n) is 1.79. The zero-order valence-corrected chi connectivity index (χ0v) is 8.31. The largest absolute Gasteiger partial charge is 0.376 e. The quantitative estimate of drug-likeness (QED) is 0.755. The topological polar surface area (TPSA) is 26.7 Å². The van der Waals surface area contributed by atoms with Gasteiger partial charge in [-0.25, -0.2) is 0 Å². The van der Waals surface area contributed by atoms with Gasteiger partial charge in [0, 0.05) is 17.3 Å². The first-order valence-electron chi connectivity index (χ1n) is 4.49. The van der Waals surface area contributed by atoms with Gasteiger partial charge in [0.25, 0.3) is 0 Å². The lowest BCUT2D eigenvalue weighted by molar-refractivity contribution is 0.152. The third-order valence-electron chi connectivity index (χ3n) is 2.48. The highest BCUT2D eigenvalue weighted by Gasteiger charge is 2.34. The number of benzene rings is 1. The number of anilines is 1. The molecule has 1 aromatic rings. The van der Waals surface area contributed by atoms with Crippen molar-refractivity contribution in [1.82, 2.24) is 4.90 Å². The number of aliphatic hydroxyl groups excluding tert-OH is 1. The molecular weight excluding hydrogens is 196 g/mol. The predicted molar refractivity (Wildman–Crippen MR) is 56.6 cm³/mol. The molecule has 14 heavy (non-hydrogen) atoms. The van der Waals surface area contributed by atoms with Crippen molar-refractivity contribution in [3.63, 3.8) is 0 Å². The molecule has 0 spiro atoms. The normalized spacial score (nSPS) is 22.8. The average molecular weight is 206 g/mol. The molecule has 0 bridgehead atoms. The van der Waals surface area contributed by atoms with Gasteiger partial charge < -0.3 is 14.9 Å². The number of thioether (sulfide) groups is 1. The minimum Gasteiger partial charge on any atom is -0.376 e. The van der Waals surface area contributed by atoms with Crippen molar-refractivity contribution in [2.45, 2.75) is 10.4 Å². The molecule has 0 fully saturated rings. The maximum atomic E-state index is 9.13. The molecule has 0 saturated carbocycles. The molecule has 0 aromatic heterocycles. The van der Waals surface area contributed by atoms with Crippen LogP contribution in [0.15, 0.2) is 41.6 Å². The van der Waals surface area contributed by atoms with Gasteiger partial charge in [0.2, 0.25) is 0 Å². The summed E-state index contributed by atoms with van der Waals surface area (Å²) in [5.41, 5.74) is 1.44. The maximum Gasteiger partial charge on any atom is 0.160 e. The van der Waals surface area contributed by atoms with Crippen molar-refractivity contribution in [1.29, 1.82) is 0 Å². The summed E-state index contributed by atoms with van der Waals surface area (Å²) in [5, 5.41) is 9.13. The first-order valence-corrected chi connectivity index (χ1v) is 5.37. The van der Waals surface area contributed by atoms with E-state index in [1.807, 2.05) is 29.4 Å². The monoisotopic (exact) mass is 206 g/mol. The molecule has 0 aliphatic carbocycles. The molecule has 2 aliphatic rings. The molecule has 0 radical (unpaired) electrons. The lowest BCUT2D eigenvalue weighted by atomic mass is 10.3. The summed E-state index contributed by atoms with van der Waals surface area (Å²) in [7, 11) is 0. The summed E-state index contributed by atoms with van der Waals surface area (Å²) < 4.78 is 0. The molecule has 0 amide bonds. The van der Waals surface area contributed by atoms with Gasteiger partial charge >= 0.3 is 0 Å². The van der Waals surface area contributed by atoms with Gasteiger partial charge in [-0.15, -0.1) is 0 Å². The maximum absolute atomic E-state index is 9.13. The van der Waals surface area contributed by atoms with E-state index < -0.39 is 0 Å². The van der Waals surface area contributed by atoms with Gasteiger partial charge in [-0.05, 0) is 12.1 Å². The van der Waals surface area contributed by atoms with Crippen molar-refractivity contribution < 1.29 is 5.11 Å². The van der Waals surface area contributed by atoms with Crippen molar-refractivity contribution in [3.8, 4) is 0 Å². The second-order valence-electron chi connectivity index (χ2n) is 3.27. The summed E-state index contributed by atoms with van der Waals surface area (Å²) >= 11 is 1.77. The van der Waals surface area contributed by atoms with E-state index in [0.29, 0.717) is 0 Å². The SMILES string of the molecule is OCN1C=CN2c3ccccc3SC12. The number of fused-ring (bicyclic) bond motifs is 3. The van der Waals surface area contributed by atoms with E-state index in [-0.39, 0.29) is 12.2 Å². The standard InChI is InChI=1S/C10H10N2OS/c13-7-11-5-6-12-8-3-1-2-4-9(8)14-10(11)12/h1-6,10,13H,7H2. The number of rotatable bonds is 1. The van der Waals surface area contributed by atoms with Crippen molar-refractivity contribution >= 4 is 17.4 Å². The molecule has 1 N–H and O–H groups in total. The summed E-state index contributed by atoms with van der Waals surface area (Å²) in [6.45, 7) is 0.0681. The van der Waals surface area contributed by atoms with Crippen LogP contribution in [0.25, 0.3) is 0 Å². The van der Waals surface area contributed by atoms with Gasteiger partial charge in [-0.2, -0.15) is 0 Å². The number of hydrogen-bond acceptors (Lipinski definition) is 4. The van der Waals surface area contributed by atoms with Crippen LogP contribution < -0.4 is 4.90 Å². The van der Waals surface area contributed by atoms with Crippen LogP contribution in [-0.2, 0) is 0 Å². The van der Waals surface area contributed by atoms with Gasteiger partial charge in [0.1, 0.15) is 6.73 Å². The average Bonchev–Trinajstić information content (AvgIpc) is 2.75. The molecule has 3 nitrogen and oxygen atoms in total. The van der Waals surface area contributed by atoms with E-state index in [2.05, 4.69) is 17.0 Å². The van der Waals surface area contributed by atoms with Crippen molar-refractivity contribution in [3.05, 3.63) is 36.7 Å². The Balaban J connectivity index is 2.01. The van der Waals surface area contributed by atoms with Crippen LogP contribution in [0.5, 0.6) is 0 Å². The van der Waals surface area contributed by atoms with Crippen molar-refractivity contribution in [2.24, 2.45) is 0 Å². The highest BCUT2D eigenvalue weighted by molar-refractivity contribution is 8.00. The van der Waals surface area contributed by atoms with Crippen LogP contribution in [-0.4, -0.2) is 22.2 Å². The van der Waals surface area contributed by atoms with Crippen LogP contribution >= 0.6 is 11.8 Å². The van der Waals surface area contributed by atoms with E-state index in [0.717, 1.165) is 0 Å². The first kappa shape index (κ1) is 8.20. The van der Waals surface area contributed by atoms with Crippen molar-refractivity contribution in [2.75, 3.05) is 11.6 Å².